The summed E-state index contributed by atoms with van der Waals surface area (Å²) in [5.74, 6) is 0. The molecular formula is C10H4Cl3NO. The molecule has 1 rings (SSSR count). The highest BCUT2D eigenvalue weighted by Gasteiger charge is 2.10. The first-order valence-corrected chi connectivity index (χ1v) is 4.94. The van der Waals surface area contributed by atoms with Crippen LogP contribution in [0.5, 0.6) is 0 Å². The van der Waals surface area contributed by atoms with Gasteiger partial charge in [0, 0.05) is 6.08 Å². The molecule has 0 aliphatic carbocycles. The first-order valence-electron chi connectivity index (χ1n) is 3.81. The lowest BCUT2D eigenvalue weighted by Crippen LogP contribution is -1.93. The van der Waals surface area contributed by atoms with E-state index in [1.165, 1.54) is 12.1 Å². The molecule has 1 aromatic rings. The summed E-state index contributed by atoms with van der Waals surface area (Å²) in [6.07, 6.45) is 1.06. The van der Waals surface area contributed by atoms with E-state index in [-0.39, 0.29) is 5.57 Å². The summed E-state index contributed by atoms with van der Waals surface area (Å²) in [4.78, 5) is 11.0. The first-order chi connectivity index (χ1) is 7.06. The maximum atomic E-state index is 11.0. The van der Waals surface area contributed by atoms with Gasteiger partial charge in [0.25, 0.3) is 5.24 Å². The quantitative estimate of drug-likeness (QED) is 0.462. The first kappa shape index (κ1) is 12.1. The minimum Gasteiger partial charge on any atom is -0.276 e. The van der Waals surface area contributed by atoms with Crippen molar-refractivity contribution < 1.29 is 4.79 Å². The van der Waals surface area contributed by atoms with Gasteiger partial charge in [-0.25, -0.2) is 0 Å². The third-order valence-electron chi connectivity index (χ3n) is 1.65. The Balaban J connectivity index is 3.26. The lowest BCUT2D eigenvalue weighted by molar-refractivity contribution is -0.106. The van der Waals surface area contributed by atoms with Crippen LogP contribution < -0.4 is 0 Å². The molecule has 1 aromatic carbocycles. The van der Waals surface area contributed by atoms with Crippen LogP contribution in [-0.2, 0) is 4.79 Å². The molecule has 5 heteroatoms. The highest BCUT2D eigenvalue weighted by molar-refractivity contribution is 6.74. The predicted octanol–water partition coefficient (Wildman–Crippen LogP) is 3.67. The van der Waals surface area contributed by atoms with E-state index in [9.17, 15) is 4.79 Å². The average molecular weight is 261 g/mol. The summed E-state index contributed by atoms with van der Waals surface area (Å²) < 4.78 is 0. The van der Waals surface area contributed by atoms with Crippen LogP contribution in [-0.4, -0.2) is 5.24 Å². The number of carbonyl (C=O) groups is 1. The summed E-state index contributed by atoms with van der Waals surface area (Å²) in [6.45, 7) is 0. The Morgan fingerprint density at radius 3 is 2.47 bits per heavy atom. The Bertz CT molecular complexity index is 474. The summed E-state index contributed by atoms with van der Waals surface area (Å²) in [6, 6.07) is 6.32. The van der Waals surface area contributed by atoms with E-state index in [2.05, 4.69) is 0 Å². The van der Waals surface area contributed by atoms with Crippen molar-refractivity contribution in [1.82, 2.24) is 0 Å². The van der Waals surface area contributed by atoms with Gasteiger partial charge < -0.3 is 0 Å². The van der Waals surface area contributed by atoms with Crippen LogP contribution in [0.25, 0.3) is 5.57 Å². The van der Waals surface area contributed by atoms with Crippen molar-refractivity contribution in [2.75, 3.05) is 0 Å². The van der Waals surface area contributed by atoms with Gasteiger partial charge in [0.05, 0.1) is 21.7 Å². The number of hydrogen-bond acceptors (Lipinski definition) is 2. The van der Waals surface area contributed by atoms with Gasteiger partial charge in [-0.2, -0.15) is 5.26 Å². The Hall–Kier alpha value is -1.01. The summed E-state index contributed by atoms with van der Waals surface area (Å²) in [5, 5.41) is 8.44. The summed E-state index contributed by atoms with van der Waals surface area (Å²) >= 11 is 16.8. The van der Waals surface area contributed by atoms with Crippen molar-refractivity contribution in [3.63, 3.8) is 0 Å². The molecule has 0 saturated heterocycles. The Morgan fingerprint density at radius 1 is 1.33 bits per heavy atom. The monoisotopic (exact) mass is 259 g/mol. The molecule has 0 aliphatic rings. The third-order valence-corrected chi connectivity index (χ3v) is 2.59. The van der Waals surface area contributed by atoms with E-state index in [1.807, 2.05) is 0 Å². The molecule has 2 nitrogen and oxygen atoms in total. The number of halogens is 3. The molecule has 76 valence electrons. The van der Waals surface area contributed by atoms with Gasteiger partial charge in [0.15, 0.2) is 0 Å². The van der Waals surface area contributed by atoms with E-state index < -0.39 is 5.24 Å². The molecule has 0 aromatic heterocycles. The molecular weight excluding hydrogens is 256 g/mol. The van der Waals surface area contributed by atoms with Crippen molar-refractivity contribution in [1.29, 1.82) is 5.26 Å². The van der Waals surface area contributed by atoms with Gasteiger partial charge in [-0.05, 0) is 29.3 Å². The van der Waals surface area contributed by atoms with E-state index in [0.717, 1.165) is 6.08 Å². The molecule has 0 amide bonds. The molecule has 0 N–H and O–H groups in total. The summed E-state index contributed by atoms with van der Waals surface area (Å²) in [5.41, 5.74) is 0.559. The molecule has 0 spiro atoms. The number of hydrogen-bond donors (Lipinski definition) is 0. The molecule has 0 unspecified atom stereocenters. The SMILES string of the molecule is N#C/C=C(/C(=O)Cl)c1ccc(Cl)c(Cl)c1. The number of rotatable bonds is 2. The second-order valence-electron chi connectivity index (χ2n) is 2.59. The fraction of sp³-hybridized carbons (Fsp3) is 0. The smallest absolute Gasteiger partial charge is 0.253 e. The summed E-state index contributed by atoms with van der Waals surface area (Å²) in [7, 11) is 0. The van der Waals surface area contributed by atoms with Gasteiger partial charge in [-0.3, -0.25) is 4.79 Å². The van der Waals surface area contributed by atoms with Gasteiger partial charge in [0.2, 0.25) is 0 Å². The zero-order chi connectivity index (χ0) is 11.4. The molecule has 0 atom stereocenters. The van der Waals surface area contributed by atoms with Gasteiger partial charge in [-0.1, -0.05) is 29.3 Å². The van der Waals surface area contributed by atoms with Crippen LogP contribution in [0.15, 0.2) is 24.3 Å². The van der Waals surface area contributed by atoms with Crippen molar-refractivity contribution in [3.05, 3.63) is 39.9 Å². The van der Waals surface area contributed by atoms with E-state index in [0.29, 0.717) is 15.6 Å². The Morgan fingerprint density at radius 2 is 2.00 bits per heavy atom. The fourth-order valence-electron chi connectivity index (χ4n) is 0.982. The van der Waals surface area contributed by atoms with Crippen LogP contribution in [0.4, 0.5) is 0 Å². The highest BCUT2D eigenvalue weighted by Crippen LogP contribution is 2.26. The normalized spacial score (nSPS) is 10.9. The van der Waals surface area contributed by atoms with Crippen molar-refractivity contribution in [2.45, 2.75) is 0 Å². The van der Waals surface area contributed by atoms with Crippen molar-refractivity contribution in [2.24, 2.45) is 0 Å². The molecule has 0 radical (unpaired) electrons. The van der Waals surface area contributed by atoms with Gasteiger partial charge >= 0.3 is 0 Å². The van der Waals surface area contributed by atoms with Crippen molar-refractivity contribution in [3.8, 4) is 6.07 Å². The predicted molar refractivity (Wildman–Crippen MR) is 60.9 cm³/mol. The third kappa shape index (κ3) is 2.97. The van der Waals surface area contributed by atoms with Crippen LogP contribution in [0, 0.1) is 11.3 Å². The Labute approximate surface area is 102 Å². The van der Waals surface area contributed by atoms with Crippen molar-refractivity contribution >= 4 is 45.6 Å². The van der Waals surface area contributed by atoms with Gasteiger partial charge in [0.1, 0.15) is 0 Å². The van der Waals surface area contributed by atoms with Crippen LogP contribution in [0.1, 0.15) is 5.56 Å². The molecule has 0 aliphatic heterocycles. The molecule has 0 heterocycles. The zero-order valence-corrected chi connectivity index (χ0v) is 9.57. The molecule has 0 saturated carbocycles. The van der Waals surface area contributed by atoms with Crippen LogP contribution in [0.2, 0.25) is 10.0 Å². The number of carbonyl (C=O) groups excluding carboxylic acids is 1. The second kappa shape index (κ2) is 5.18. The van der Waals surface area contributed by atoms with E-state index >= 15 is 0 Å². The number of nitrogens with zero attached hydrogens (tertiary/aromatic N) is 1. The van der Waals surface area contributed by atoms with Gasteiger partial charge in [-0.15, -0.1) is 0 Å². The molecule has 0 fully saturated rings. The second-order valence-corrected chi connectivity index (χ2v) is 3.75. The topological polar surface area (TPSA) is 40.9 Å². The lowest BCUT2D eigenvalue weighted by atomic mass is 10.1. The molecule has 0 bridgehead atoms. The van der Waals surface area contributed by atoms with E-state index in [1.54, 1.807) is 12.1 Å². The van der Waals surface area contributed by atoms with Crippen LogP contribution >= 0.6 is 34.8 Å². The maximum absolute atomic E-state index is 11.0. The molecule has 15 heavy (non-hydrogen) atoms. The Kier molecular flexibility index (Phi) is 4.16. The highest BCUT2D eigenvalue weighted by atomic mass is 35.5. The number of nitriles is 1. The average Bonchev–Trinajstić information content (AvgIpc) is 2.18. The minimum atomic E-state index is -0.713. The minimum absolute atomic E-state index is 0.0951. The van der Waals surface area contributed by atoms with Crippen LogP contribution in [0.3, 0.4) is 0 Å². The maximum Gasteiger partial charge on any atom is 0.253 e. The number of benzene rings is 1. The van der Waals surface area contributed by atoms with E-state index in [4.69, 9.17) is 40.1 Å². The fourth-order valence-corrected chi connectivity index (χ4v) is 1.44. The lowest BCUT2D eigenvalue weighted by Gasteiger charge is -2.02. The standard InChI is InChI=1S/C10H4Cl3NO/c11-8-2-1-6(5-9(8)12)7(3-4-14)10(13)15/h1-3,5H/b7-3+. The zero-order valence-electron chi connectivity index (χ0n) is 7.30. The largest absolute Gasteiger partial charge is 0.276 e. The number of allylic oxidation sites excluding steroid dienone is 2.